The Bertz CT molecular complexity index is 928. The second-order valence-electron chi connectivity index (χ2n) is 8.48. The van der Waals surface area contributed by atoms with Crippen molar-refractivity contribution in [3.63, 3.8) is 0 Å². The van der Waals surface area contributed by atoms with Crippen LogP contribution in [0.3, 0.4) is 0 Å². The maximum absolute atomic E-state index is 8.01. The number of anilines is 1. The Morgan fingerprint density at radius 2 is 2.00 bits per heavy atom. The summed E-state index contributed by atoms with van der Waals surface area (Å²) in [7, 11) is 0. The molecular formula is C22H31N7. The minimum absolute atomic E-state index is 0.362. The number of hydrogen-bond donors (Lipinski definition) is 2. The molecule has 2 aromatic heterocycles. The van der Waals surface area contributed by atoms with Crippen molar-refractivity contribution in [2.24, 2.45) is 11.1 Å². The van der Waals surface area contributed by atoms with Crippen LogP contribution < -0.4 is 10.6 Å². The molecule has 2 aliphatic heterocycles. The normalized spacial score (nSPS) is 19.9. The molecule has 0 aliphatic carbocycles. The first-order chi connectivity index (χ1) is 14.0. The highest BCUT2D eigenvalue weighted by Gasteiger charge is 2.40. The molecule has 2 saturated heterocycles. The van der Waals surface area contributed by atoms with Gasteiger partial charge >= 0.3 is 0 Å². The minimum atomic E-state index is 0.362. The third-order valence-corrected chi connectivity index (χ3v) is 6.47. The number of nitrogens with zero attached hydrogens (tertiary/aromatic N) is 5. The van der Waals surface area contributed by atoms with Crippen molar-refractivity contribution in [2.75, 3.05) is 37.6 Å². The lowest BCUT2D eigenvalue weighted by molar-refractivity contribution is 0.209. The van der Waals surface area contributed by atoms with E-state index >= 15 is 0 Å². The Kier molecular flexibility index (Phi) is 5.50. The number of rotatable bonds is 5. The van der Waals surface area contributed by atoms with Gasteiger partial charge in [-0.25, -0.2) is 9.97 Å². The predicted molar refractivity (Wildman–Crippen MR) is 118 cm³/mol. The van der Waals surface area contributed by atoms with E-state index in [1.165, 1.54) is 51.5 Å². The van der Waals surface area contributed by atoms with E-state index in [1.807, 2.05) is 6.07 Å². The Balaban J connectivity index is 1.62. The lowest BCUT2D eigenvalue weighted by Crippen LogP contribution is -2.42. The molecule has 7 heteroatoms. The third kappa shape index (κ3) is 3.83. The molecule has 3 N–H and O–H groups in total. The summed E-state index contributed by atoms with van der Waals surface area (Å²) < 4.78 is 0. The lowest BCUT2D eigenvalue weighted by Gasteiger charge is -2.40. The monoisotopic (exact) mass is 393 g/mol. The molecule has 0 bridgehead atoms. The first kappa shape index (κ1) is 19.8. The largest absolute Gasteiger partial charge is 0.404 e. The van der Waals surface area contributed by atoms with Gasteiger partial charge in [0.05, 0.1) is 17.3 Å². The van der Waals surface area contributed by atoms with E-state index in [9.17, 15) is 0 Å². The summed E-state index contributed by atoms with van der Waals surface area (Å²) in [6, 6.07) is 1.99. The Morgan fingerprint density at radius 3 is 2.69 bits per heavy atom. The number of aromatic nitrogens is 3. The van der Waals surface area contributed by atoms with Crippen LogP contribution >= 0.6 is 0 Å². The molecule has 4 rings (SSSR count). The summed E-state index contributed by atoms with van der Waals surface area (Å²) in [5.41, 5.74) is 7.97. The molecule has 0 saturated carbocycles. The van der Waals surface area contributed by atoms with Crippen LogP contribution in [-0.2, 0) is 0 Å². The van der Waals surface area contributed by atoms with Gasteiger partial charge in [0.15, 0.2) is 5.82 Å². The van der Waals surface area contributed by atoms with E-state index in [1.54, 1.807) is 19.3 Å². The molecule has 0 amide bonds. The molecule has 7 nitrogen and oxygen atoms in total. The van der Waals surface area contributed by atoms with Crippen LogP contribution in [0.25, 0.3) is 16.5 Å². The minimum Gasteiger partial charge on any atom is -0.404 e. The number of hydrogen-bond acceptors (Lipinski definition) is 7. The second-order valence-corrected chi connectivity index (χ2v) is 8.48. The van der Waals surface area contributed by atoms with Crippen LogP contribution in [0.15, 0.2) is 24.7 Å². The smallest absolute Gasteiger partial charge is 0.165 e. The number of likely N-dealkylation sites (tertiary alicyclic amines) is 1. The first-order valence-corrected chi connectivity index (χ1v) is 10.6. The van der Waals surface area contributed by atoms with E-state index < -0.39 is 0 Å². The van der Waals surface area contributed by atoms with Crippen molar-refractivity contribution in [1.29, 1.82) is 5.41 Å². The zero-order valence-electron chi connectivity index (χ0n) is 17.5. The second kappa shape index (κ2) is 8.06. The molecule has 154 valence electrons. The highest BCUT2D eigenvalue weighted by Crippen LogP contribution is 2.41. The summed E-state index contributed by atoms with van der Waals surface area (Å²) in [4.78, 5) is 18.7. The van der Waals surface area contributed by atoms with Gasteiger partial charge in [-0.1, -0.05) is 6.92 Å². The molecule has 2 fully saturated rings. The van der Waals surface area contributed by atoms with Gasteiger partial charge in [-0.15, -0.1) is 0 Å². The van der Waals surface area contributed by atoms with Gasteiger partial charge in [-0.3, -0.25) is 4.98 Å². The zero-order chi connectivity index (χ0) is 20.4. The fourth-order valence-corrected chi connectivity index (χ4v) is 4.83. The molecule has 2 aromatic rings. The number of nitrogens with two attached hydrogens (primary N) is 1. The molecule has 1 spiro atoms. The number of allylic oxidation sites excluding steroid dienone is 1. The molecular weight excluding hydrogens is 362 g/mol. The van der Waals surface area contributed by atoms with Crippen molar-refractivity contribution in [3.05, 3.63) is 30.5 Å². The van der Waals surface area contributed by atoms with Gasteiger partial charge in [-0.2, -0.15) is 0 Å². The van der Waals surface area contributed by atoms with E-state index in [0.29, 0.717) is 22.5 Å². The number of pyridine rings is 1. The number of piperidine rings is 1. The van der Waals surface area contributed by atoms with Crippen LogP contribution in [0.4, 0.5) is 5.82 Å². The summed E-state index contributed by atoms with van der Waals surface area (Å²) in [6.45, 7) is 9.67. The van der Waals surface area contributed by atoms with Gasteiger partial charge < -0.3 is 20.9 Å². The highest BCUT2D eigenvalue weighted by molar-refractivity contribution is 6.20. The summed E-state index contributed by atoms with van der Waals surface area (Å²) in [6.07, 6.45) is 9.92. The molecule has 4 heterocycles. The van der Waals surface area contributed by atoms with Crippen LogP contribution in [-0.4, -0.2) is 58.3 Å². The zero-order valence-corrected chi connectivity index (χ0v) is 17.5. The average molecular weight is 394 g/mol. The molecule has 29 heavy (non-hydrogen) atoms. The van der Waals surface area contributed by atoms with Crippen LogP contribution in [0, 0.1) is 10.8 Å². The van der Waals surface area contributed by atoms with Gasteiger partial charge in [0, 0.05) is 43.1 Å². The molecule has 0 atom stereocenters. The Hall–Kier alpha value is -2.54. The summed E-state index contributed by atoms with van der Waals surface area (Å²) in [5, 5.41) is 9.02. The Morgan fingerprint density at radius 1 is 1.24 bits per heavy atom. The predicted octanol–water partition coefficient (Wildman–Crippen LogP) is 3.07. The van der Waals surface area contributed by atoms with Crippen LogP contribution in [0.2, 0.25) is 0 Å². The van der Waals surface area contributed by atoms with Crippen molar-refractivity contribution in [1.82, 2.24) is 19.9 Å². The van der Waals surface area contributed by atoms with Gasteiger partial charge in [-0.05, 0) is 57.2 Å². The third-order valence-electron chi connectivity index (χ3n) is 6.47. The SMILES string of the molecule is CCCN1CCC2(CCN(c3nc(/C(=C/N)C(C)=N)nc4cnccc34)CC2)C1. The molecule has 0 aromatic carbocycles. The van der Waals surface area contributed by atoms with E-state index in [2.05, 4.69) is 26.7 Å². The summed E-state index contributed by atoms with van der Waals surface area (Å²) in [5.74, 6) is 1.44. The highest BCUT2D eigenvalue weighted by atomic mass is 15.2. The quantitative estimate of drug-likeness (QED) is 0.758. The molecule has 0 radical (unpaired) electrons. The van der Waals surface area contributed by atoms with Crippen molar-refractivity contribution in [2.45, 2.75) is 39.5 Å². The van der Waals surface area contributed by atoms with Crippen LogP contribution in [0.1, 0.15) is 45.4 Å². The summed E-state index contributed by atoms with van der Waals surface area (Å²) >= 11 is 0. The average Bonchev–Trinajstić information content (AvgIpc) is 3.11. The lowest BCUT2D eigenvalue weighted by atomic mass is 9.77. The van der Waals surface area contributed by atoms with Crippen molar-refractivity contribution in [3.8, 4) is 0 Å². The van der Waals surface area contributed by atoms with Gasteiger partial charge in [0.2, 0.25) is 0 Å². The maximum Gasteiger partial charge on any atom is 0.165 e. The maximum atomic E-state index is 8.01. The van der Waals surface area contributed by atoms with E-state index in [4.69, 9.17) is 16.1 Å². The standard InChI is InChI=1S/C22H31N7/c1-3-9-28-10-5-22(15-28)6-11-29(12-7-22)21-17-4-8-25-14-19(17)26-20(27-21)18(13-23)16(2)24/h4,8,13-14,24H,3,5-7,9-12,15,23H2,1-2H3/b18-13+,24-16?. The Labute approximate surface area is 172 Å². The van der Waals surface area contributed by atoms with Crippen molar-refractivity contribution >= 4 is 28.0 Å². The fourth-order valence-electron chi connectivity index (χ4n) is 4.83. The topological polar surface area (TPSA) is 95.0 Å². The number of nitrogens with one attached hydrogen (secondary N) is 1. The van der Waals surface area contributed by atoms with E-state index in [0.717, 1.165) is 29.8 Å². The fraction of sp³-hybridized carbons (Fsp3) is 0.545. The first-order valence-electron chi connectivity index (χ1n) is 10.6. The van der Waals surface area contributed by atoms with E-state index in [-0.39, 0.29) is 0 Å². The number of fused-ring (bicyclic) bond motifs is 1. The van der Waals surface area contributed by atoms with Crippen LogP contribution in [0.5, 0.6) is 0 Å². The van der Waals surface area contributed by atoms with Crippen molar-refractivity contribution < 1.29 is 0 Å². The molecule has 2 aliphatic rings. The van der Waals surface area contributed by atoms with Gasteiger partial charge in [0.25, 0.3) is 0 Å². The van der Waals surface area contributed by atoms with Gasteiger partial charge in [0.1, 0.15) is 5.82 Å². The molecule has 0 unspecified atom stereocenters.